The van der Waals surface area contributed by atoms with Gasteiger partial charge in [-0.1, -0.05) is 13.0 Å². The van der Waals surface area contributed by atoms with Crippen molar-refractivity contribution in [2.24, 2.45) is 16.6 Å². The van der Waals surface area contributed by atoms with Crippen molar-refractivity contribution < 1.29 is 13.2 Å². The summed E-state index contributed by atoms with van der Waals surface area (Å²) in [7, 11) is -3.94. The van der Waals surface area contributed by atoms with Gasteiger partial charge in [0.25, 0.3) is 5.56 Å². The minimum atomic E-state index is -3.94. The van der Waals surface area contributed by atoms with Crippen LogP contribution in [0.3, 0.4) is 0 Å². The van der Waals surface area contributed by atoms with Crippen LogP contribution in [0.15, 0.2) is 44.7 Å². The van der Waals surface area contributed by atoms with Crippen LogP contribution < -0.4 is 27.1 Å². The smallest absolute Gasteiger partial charge is 0.279 e. The summed E-state index contributed by atoms with van der Waals surface area (Å²) in [5, 5.41) is 2.53. The van der Waals surface area contributed by atoms with Gasteiger partial charge in [0.05, 0.1) is 11.7 Å². The molecule has 3 rings (SSSR count). The minimum absolute atomic E-state index is 0.0674. The second-order valence-corrected chi connectivity index (χ2v) is 9.19. The van der Waals surface area contributed by atoms with Gasteiger partial charge in [-0.2, -0.15) is 0 Å². The number of nitrogens with two attached hydrogens (primary N) is 2. The van der Waals surface area contributed by atoms with Crippen LogP contribution in [-0.4, -0.2) is 44.4 Å². The van der Waals surface area contributed by atoms with E-state index in [1.807, 2.05) is 0 Å². The fourth-order valence-corrected chi connectivity index (χ4v) is 4.69. The minimum Gasteiger partial charge on any atom is -0.393 e. The van der Waals surface area contributed by atoms with Crippen molar-refractivity contribution in [3.63, 3.8) is 0 Å². The molecule has 1 saturated carbocycles. The Morgan fingerprint density at radius 1 is 1.37 bits per heavy atom. The number of aromatic nitrogens is 1. The van der Waals surface area contributed by atoms with E-state index in [0.717, 1.165) is 23.8 Å². The first-order valence-corrected chi connectivity index (χ1v) is 11.1. The zero-order valence-electron chi connectivity index (χ0n) is 16.7. The molecule has 11 heteroatoms. The Kier molecular flexibility index (Phi) is 6.13. The first-order valence-electron chi connectivity index (χ1n) is 9.61. The number of amides is 1. The number of dihydropyridines is 1. The Morgan fingerprint density at radius 3 is 2.67 bits per heavy atom. The van der Waals surface area contributed by atoms with Gasteiger partial charge < -0.3 is 16.8 Å². The molecular weight excluding hydrogens is 408 g/mol. The number of aliphatic imine (C=N–C) groups is 1. The van der Waals surface area contributed by atoms with E-state index in [-0.39, 0.29) is 29.0 Å². The highest BCUT2D eigenvalue weighted by Gasteiger charge is 2.28. The van der Waals surface area contributed by atoms with E-state index in [9.17, 15) is 18.0 Å². The Labute approximate surface area is 174 Å². The van der Waals surface area contributed by atoms with Gasteiger partial charge in [0.1, 0.15) is 16.4 Å². The third kappa shape index (κ3) is 4.03. The molecule has 1 atom stereocenters. The maximum absolute atomic E-state index is 13.0. The van der Waals surface area contributed by atoms with E-state index in [2.05, 4.69) is 21.6 Å². The molecule has 1 unspecified atom stereocenters. The zero-order valence-corrected chi connectivity index (χ0v) is 17.5. The summed E-state index contributed by atoms with van der Waals surface area (Å²) in [5.41, 5.74) is 12.1. The van der Waals surface area contributed by atoms with E-state index < -0.39 is 21.3 Å². The van der Waals surface area contributed by atoms with E-state index in [4.69, 9.17) is 11.5 Å². The first-order chi connectivity index (χ1) is 14.2. The summed E-state index contributed by atoms with van der Waals surface area (Å²) in [6.07, 6.45) is 4.86. The molecule has 1 aliphatic heterocycles. The molecule has 1 aliphatic carbocycles. The average Bonchev–Trinajstić information content (AvgIpc) is 2.64. The largest absolute Gasteiger partial charge is 0.393 e. The predicted molar refractivity (Wildman–Crippen MR) is 115 cm³/mol. The highest BCUT2D eigenvalue weighted by Crippen LogP contribution is 2.28. The molecule has 0 spiro atoms. The Hall–Kier alpha value is -2.92. The number of pyridine rings is 1. The van der Waals surface area contributed by atoms with Crippen molar-refractivity contribution in [1.29, 1.82) is 0 Å². The molecule has 6 N–H and O–H groups in total. The first kappa shape index (κ1) is 21.8. The molecule has 10 nitrogen and oxygen atoms in total. The van der Waals surface area contributed by atoms with Crippen molar-refractivity contribution in [3.8, 4) is 0 Å². The molecule has 2 aliphatic rings. The number of anilines is 1. The number of hydrogen-bond acceptors (Lipinski definition) is 7. The number of carbonyl (C=O) groups is 1. The summed E-state index contributed by atoms with van der Waals surface area (Å²) in [6, 6.07) is 0.923. The lowest BCUT2D eigenvalue weighted by Gasteiger charge is -2.26. The molecule has 0 aromatic carbocycles. The maximum Gasteiger partial charge on any atom is 0.279 e. The quantitative estimate of drug-likeness (QED) is 0.414. The number of carbonyl (C=O) groups excluding carboxylic acids is 1. The number of sulfonamides is 1. The second kappa shape index (κ2) is 8.44. The van der Waals surface area contributed by atoms with Gasteiger partial charge in [-0.3, -0.25) is 19.1 Å². The van der Waals surface area contributed by atoms with E-state index in [0.29, 0.717) is 30.0 Å². The summed E-state index contributed by atoms with van der Waals surface area (Å²) in [4.78, 5) is 27.8. The van der Waals surface area contributed by atoms with Gasteiger partial charge in [0.15, 0.2) is 0 Å². The van der Waals surface area contributed by atoms with Crippen LogP contribution in [0, 0.1) is 5.92 Å². The number of amidine groups is 1. The SMILES string of the molecule is C=C1C(CNC=O)=C(n2ccc(S(=O)(=O)NCC3CCC3)c(N)c2=O)C(N)=NC1C. The third-order valence-electron chi connectivity index (χ3n) is 5.52. The summed E-state index contributed by atoms with van der Waals surface area (Å²) >= 11 is 0. The molecular formula is C19H26N6O4S. The molecule has 0 saturated heterocycles. The Bertz CT molecular complexity index is 1100. The Balaban J connectivity index is 2.04. The molecule has 2 heterocycles. The number of nitrogen functional groups attached to an aromatic ring is 1. The van der Waals surface area contributed by atoms with Crippen molar-refractivity contribution in [2.45, 2.75) is 37.1 Å². The predicted octanol–water partition coefficient (Wildman–Crippen LogP) is -0.218. The van der Waals surface area contributed by atoms with Crippen LogP contribution in [0.4, 0.5) is 5.69 Å². The van der Waals surface area contributed by atoms with Crippen molar-refractivity contribution in [2.75, 3.05) is 18.8 Å². The molecule has 162 valence electrons. The van der Waals surface area contributed by atoms with Gasteiger partial charge >= 0.3 is 0 Å². The van der Waals surface area contributed by atoms with Crippen molar-refractivity contribution in [1.82, 2.24) is 14.6 Å². The molecule has 0 bridgehead atoms. The Morgan fingerprint density at radius 2 is 2.07 bits per heavy atom. The van der Waals surface area contributed by atoms with Crippen LogP contribution in [0.2, 0.25) is 0 Å². The number of nitrogens with zero attached hydrogens (tertiary/aromatic N) is 2. The average molecular weight is 435 g/mol. The molecule has 0 radical (unpaired) electrons. The zero-order chi connectivity index (χ0) is 22.1. The summed E-state index contributed by atoms with van der Waals surface area (Å²) < 4.78 is 28.9. The number of nitrogens with one attached hydrogen (secondary N) is 2. The van der Waals surface area contributed by atoms with E-state index >= 15 is 0 Å². The normalized spacial score (nSPS) is 20.0. The van der Waals surface area contributed by atoms with Crippen molar-refractivity contribution >= 4 is 33.7 Å². The highest BCUT2D eigenvalue weighted by atomic mass is 32.2. The van der Waals surface area contributed by atoms with Crippen LogP contribution >= 0.6 is 0 Å². The summed E-state index contributed by atoms with van der Waals surface area (Å²) in [6.45, 7) is 6.15. The molecule has 1 fully saturated rings. The van der Waals surface area contributed by atoms with Gasteiger partial charge in [-0.15, -0.1) is 0 Å². The molecule has 1 aromatic heterocycles. The number of hydrogen-bond donors (Lipinski definition) is 4. The fraction of sp³-hybridized carbons (Fsp3) is 0.421. The number of rotatable bonds is 8. The van der Waals surface area contributed by atoms with Crippen LogP contribution in [-0.2, 0) is 14.8 Å². The maximum atomic E-state index is 13.0. The van der Waals surface area contributed by atoms with Gasteiger partial charge in [-0.25, -0.2) is 13.1 Å². The van der Waals surface area contributed by atoms with E-state index in [1.54, 1.807) is 6.92 Å². The molecule has 1 amide bonds. The molecule has 30 heavy (non-hydrogen) atoms. The standard InChI is InChI=1S/C19H26N6O4S/c1-11-12(2)24-18(21)17(14(11)9-22-10-26)25-7-6-15(16(20)19(25)27)30(28,29)23-8-13-4-3-5-13/h6-7,10,12-13,23H,1,3-5,8-9,20H2,2H3,(H2,21,24)(H,22,26). The monoisotopic (exact) mass is 434 g/mol. The van der Waals surface area contributed by atoms with Gasteiger partial charge in [0, 0.05) is 24.9 Å². The lowest BCUT2D eigenvalue weighted by atomic mass is 9.86. The third-order valence-corrected chi connectivity index (χ3v) is 7.00. The summed E-state index contributed by atoms with van der Waals surface area (Å²) in [5.74, 6) is 0.378. The van der Waals surface area contributed by atoms with Crippen LogP contribution in [0.1, 0.15) is 26.2 Å². The lowest BCUT2D eigenvalue weighted by molar-refractivity contribution is -0.109. The van der Waals surface area contributed by atoms with Gasteiger partial charge in [0.2, 0.25) is 16.4 Å². The molecule has 1 aromatic rings. The van der Waals surface area contributed by atoms with Crippen LogP contribution in [0.5, 0.6) is 0 Å². The fourth-order valence-electron chi connectivity index (χ4n) is 3.46. The topological polar surface area (TPSA) is 162 Å². The van der Waals surface area contributed by atoms with Gasteiger partial charge in [-0.05, 0) is 37.3 Å². The van der Waals surface area contributed by atoms with E-state index in [1.165, 1.54) is 12.3 Å². The van der Waals surface area contributed by atoms with Crippen LogP contribution in [0.25, 0.3) is 5.70 Å². The second-order valence-electron chi connectivity index (χ2n) is 7.46. The van der Waals surface area contributed by atoms with Crippen molar-refractivity contribution in [3.05, 3.63) is 40.3 Å². The lowest BCUT2D eigenvalue weighted by Crippen LogP contribution is -2.37. The highest BCUT2D eigenvalue weighted by molar-refractivity contribution is 7.89.